The van der Waals surface area contributed by atoms with Crippen LogP contribution in [0, 0.1) is 0 Å². The molecule has 2 aliphatic rings. The van der Waals surface area contributed by atoms with Crippen molar-refractivity contribution in [3.05, 3.63) is 35.9 Å². The predicted octanol–water partition coefficient (Wildman–Crippen LogP) is 1.62. The fourth-order valence-corrected chi connectivity index (χ4v) is 4.09. The summed E-state index contributed by atoms with van der Waals surface area (Å²) >= 11 is 0. The fraction of sp³-hybridized carbons (Fsp3) is 0.647. The summed E-state index contributed by atoms with van der Waals surface area (Å²) in [7, 11) is 2.24. The lowest BCUT2D eigenvalue weighted by atomic mass is 9.68. The Labute approximate surface area is 127 Å². The van der Waals surface area contributed by atoms with Crippen LogP contribution < -0.4 is 10.6 Å². The number of aliphatic hydroxyl groups is 1. The van der Waals surface area contributed by atoms with Crippen LogP contribution in [0.2, 0.25) is 0 Å². The highest BCUT2D eigenvalue weighted by atomic mass is 16.3. The number of nitrogens with one attached hydrogen (secondary N) is 2. The summed E-state index contributed by atoms with van der Waals surface area (Å²) in [5.41, 5.74) is 1.64. The second-order valence-electron chi connectivity index (χ2n) is 6.62. The third-order valence-electron chi connectivity index (χ3n) is 5.63. The van der Waals surface area contributed by atoms with Crippen LogP contribution in [0.3, 0.4) is 0 Å². The van der Waals surface area contributed by atoms with Gasteiger partial charge in [-0.1, -0.05) is 37.3 Å². The minimum absolute atomic E-state index is 0.0757. The molecule has 0 radical (unpaired) electrons. The van der Waals surface area contributed by atoms with Crippen molar-refractivity contribution in [2.24, 2.45) is 0 Å². The van der Waals surface area contributed by atoms with Gasteiger partial charge in [0.15, 0.2) is 6.35 Å². The van der Waals surface area contributed by atoms with E-state index in [9.17, 15) is 5.11 Å². The lowest BCUT2D eigenvalue weighted by Crippen LogP contribution is -2.55. The normalized spacial score (nSPS) is 36.5. The summed E-state index contributed by atoms with van der Waals surface area (Å²) in [5.74, 6) is 0. The van der Waals surface area contributed by atoms with Gasteiger partial charge in [-0.05, 0) is 44.8 Å². The lowest BCUT2D eigenvalue weighted by molar-refractivity contribution is 0.0377. The van der Waals surface area contributed by atoms with Crippen molar-refractivity contribution in [2.45, 2.75) is 50.0 Å². The fourth-order valence-electron chi connectivity index (χ4n) is 4.09. The summed E-state index contributed by atoms with van der Waals surface area (Å²) in [6, 6.07) is 10.9. The van der Waals surface area contributed by atoms with E-state index in [2.05, 4.69) is 59.8 Å². The Kier molecular flexibility index (Phi) is 4.06. The van der Waals surface area contributed by atoms with Crippen LogP contribution in [-0.4, -0.2) is 42.0 Å². The van der Waals surface area contributed by atoms with Gasteiger partial charge in [-0.15, -0.1) is 0 Å². The minimum Gasteiger partial charge on any atom is -0.365 e. The van der Waals surface area contributed by atoms with Gasteiger partial charge in [0.2, 0.25) is 0 Å². The number of aliphatic hydroxyl groups excluding tert-OH is 1. The number of nitrogens with zero attached hydrogens (tertiary/aromatic N) is 1. The average molecular weight is 289 g/mol. The van der Waals surface area contributed by atoms with Crippen molar-refractivity contribution in [1.29, 1.82) is 0 Å². The Morgan fingerprint density at radius 2 is 1.86 bits per heavy atom. The summed E-state index contributed by atoms with van der Waals surface area (Å²) in [5, 5.41) is 16.2. The van der Waals surface area contributed by atoms with Gasteiger partial charge >= 0.3 is 0 Å². The first kappa shape index (κ1) is 15.0. The van der Waals surface area contributed by atoms with Crippen molar-refractivity contribution in [1.82, 2.24) is 15.5 Å². The monoisotopic (exact) mass is 289 g/mol. The molecule has 2 fully saturated rings. The Hall–Kier alpha value is -0.940. The van der Waals surface area contributed by atoms with Gasteiger partial charge < -0.3 is 5.11 Å². The zero-order valence-electron chi connectivity index (χ0n) is 13.1. The van der Waals surface area contributed by atoms with Crippen LogP contribution in [0.25, 0.3) is 0 Å². The maximum absolute atomic E-state index is 9.72. The average Bonchev–Trinajstić information content (AvgIpc) is 2.89. The standard InChI is InChI=1S/C17H27N3O/c1-3-20(2)17(14-7-5-4-6-8-14)11-9-16(10-12-17)13-18-15(21)19-16/h4-8,15,18-19,21H,3,9-13H2,1-2H3/t15?,16-,17+. The maximum atomic E-state index is 9.72. The van der Waals surface area contributed by atoms with Crippen molar-refractivity contribution in [3.8, 4) is 0 Å². The molecule has 21 heavy (non-hydrogen) atoms. The van der Waals surface area contributed by atoms with E-state index in [0.29, 0.717) is 0 Å². The molecule has 1 aliphatic carbocycles. The van der Waals surface area contributed by atoms with Crippen molar-refractivity contribution in [3.63, 3.8) is 0 Å². The van der Waals surface area contributed by atoms with Crippen molar-refractivity contribution < 1.29 is 5.11 Å². The van der Waals surface area contributed by atoms with Gasteiger partial charge in [0, 0.05) is 17.6 Å². The predicted molar refractivity (Wildman–Crippen MR) is 84.8 cm³/mol. The smallest absolute Gasteiger partial charge is 0.161 e. The van der Waals surface area contributed by atoms with E-state index < -0.39 is 6.35 Å². The summed E-state index contributed by atoms with van der Waals surface area (Å²) in [4.78, 5) is 2.49. The molecular weight excluding hydrogens is 262 g/mol. The highest BCUT2D eigenvalue weighted by molar-refractivity contribution is 5.26. The van der Waals surface area contributed by atoms with Crippen molar-refractivity contribution >= 4 is 0 Å². The second kappa shape index (κ2) is 5.69. The third kappa shape index (κ3) is 2.61. The van der Waals surface area contributed by atoms with Gasteiger partial charge in [-0.2, -0.15) is 0 Å². The van der Waals surface area contributed by atoms with E-state index in [1.807, 2.05) is 0 Å². The van der Waals surface area contributed by atoms with Crippen LogP contribution in [0.1, 0.15) is 38.2 Å². The molecule has 116 valence electrons. The number of rotatable bonds is 3. The Bertz CT molecular complexity index is 468. The van der Waals surface area contributed by atoms with Crippen LogP contribution >= 0.6 is 0 Å². The topological polar surface area (TPSA) is 47.5 Å². The lowest BCUT2D eigenvalue weighted by Gasteiger charge is -2.50. The molecule has 1 spiro atoms. The first-order valence-electron chi connectivity index (χ1n) is 8.06. The number of hydrogen-bond acceptors (Lipinski definition) is 4. The maximum Gasteiger partial charge on any atom is 0.161 e. The molecule has 0 aromatic heterocycles. The molecule has 4 heteroatoms. The number of benzene rings is 1. The highest BCUT2D eigenvalue weighted by Crippen LogP contribution is 2.45. The molecule has 3 N–H and O–H groups in total. The van der Waals surface area contributed by atoms with Crippen LogP contribution in [0.4, 0.5) is 0 Å². The van der Waals surface area contributed by atoms with Crippen molar-refractivity contribution in [2.75, 3.05) is 20.1 Å². The molecule has 1 atom stereocenters. The largest absolute Gasteiger partial charge is 0.365 e. The quantitative estimate of drug-likeness (QED) is 0.791. The summed E-state index contributed by atoms with van der Waals surface area (Å²) in [6.07, 6.45) is 3.90. The van der Waals surface area contributed by atoms with E-state index in [4.69, 9.17) is 0 Å². The zero-order valence-corrected chi connectivity index (χ0v) is 13.1. The molecule has 1 unspecified atom stereocenters. The Morgan fingerprint density at radius 3 is 2.38 bits per heavy atom. The second-order valence-corrected chi connectivity index (χ2v) is 6.62. The molecule has 0 bridgehead atoms. The summed E-state index contributed by atoms with van der Waals surface area (Å²) in [6.45, 7) is 4.15. The summed E-state index contributed by atoms with van der Waals surface area (Å²) < 4.78 is 0. The molecular formula is C17H27N3O. The van der Waals surface area contributed by atoms with E-state index >= 15 is 0 Å². The first-order valence-corrected chi connectivity index (χ1v) is 8.06. The SMILES string of the molecule is CCN(C)[C@]1(c2ccccc2)CC[C@]2(CC1)CNC(O)N2. The van der Waals surface area contributed by atoms with Crippen LogP contribution in [-0.2, 0) is 5.54 Å². The van der Waals surface area contributed by atoms with Gasteiger partial charge in [0.1, 0.15) is 0 Å². The zero-order chi connectivity index (χ0) is 14.9. The molecule has 1 saturated carbocycles. The molecule has 1 heterocycles. The van der Waals surface area contributed by atoms with Crippen LogP contribution in [0.15, 0.2) is 30.3 Å². The minimum atomic E-state index is -0.543. The molecule has 4 nitrogen and oxygen atoms in total. The van der Waals surface area contributed by atoms with Gasteiger partial charge in [0.05, 0.1) is 0 Å². The highest BCUT2D eigenvalue weighted by Gasteiger charge is 2.47. The molecule has 3 rings (SSSR count). The van der Waals surface area contributed by atoms with E-state index in [1.165, 1.54) is 5.56 Å². The van der Waals surface area contributed by atoms with Gasteiger partial charge in [-0.25, -0.2) is 0 Å². The van der Waals surface area contributed by atoms with Gasteiger partial charge in [0.25, 0.3) is 0 Å². The van der Waals surface area contributed by atoms with Crippen LogP contribution in [0.5, 0.6) is 0 Å². The molecule has 1 aromatic carbocycles. The number of hydrogen-bond donors (Lipinski definition) is 3. The molecule has 1 saturated heterocycles. The van der Waals surface area contributed by atoms with E-state index in [0.717, 1.165) is 38.8 Å². The Morgan fingerprint density at radius 1 is 1.19 bits per heavy atom. The Balaban J connectivity index is 1.84. The van der Waals surface area contributed by atoms with E-state index in [1.54, 1.807) is 0 Å². The molecule has 0 amide bonds. The molecule has 1 aliphatic heterocycles. The van der Waals surface area contributed by atoms with Gasteiger partial charge in [-0.3, -0.25) is 15.5 Å². The third-order valence-corrected chi connectivity index (χ3v) is 5.63. The van der Waals surface area contributed by atoms with E-state index in [-0.39, 0.29) is 11.1 Å². The molecule has 1 aromatic rings. The first-order chi connectivity index (χ1) is 10.1.